The Kier molecular flexibility index (Phi) is 6.59. The molecule has 4 aromatic carbocycles. The Morgan fingerprint density at radius 1 is 0.903 bits per heavy atom. The van der Waals surface area contributed by atoms with Gasteiger partial charge in [0, 0.05) is 0 Å². The molecule has 4 aromatic rings. The number of halogens is 1. The standard InChI is InChI=1S/C25H19BrN2O3/c26-25-22-12-5-4-8-19(22)13-14-23(25)30-17-24(29)28-27-16-18-7-6-11-21(15-18)31-20-9-2-1-3-10-20/h1-16H,17H2,(H,28,29)/b27-16+. The van der Waals surface area contributed by atoms with Crippen LogP contribution in [0.15, 0.2) is 101 Å². The van der Waals surface area contributed by atoms with Crippen LogP contribution in [0.1, 0.15) is 5.56 Å². The van der Waals surface area contributed by atoms with Gasteiger partial charge in [-0.3, -0.25) is 4.79 Å². The van der Waals surface area contributed by atoms with E-state index in [9.17, 15) is 4.79 Å². The Hall–Kier alpha value is -3.64. The average Bonchev–Trinajstić information content (AvgIpc) is 2.80. The number of fused-ring (bicyclic) bond motifs is 1. The number of carbonyl (C=O) groups is 1. The largest absolute Gasteiger partial charge is 0.483 e. The molecule has 0 saturated heterocycles. The van der Waals surface area contributed by atoms with Gasteiger partial charge in [0.25, 0.3) is 5.91 Å². The molecule has 1 N–H and O–H groups in total. The number of hydrogen-bond acceptors (Lipinski definition) is 4. The van der Waals surface area contributed by atoms with Crippen molar-refractivity contribution in [3.05, 3.63) is 101 Å². The highest BCUT2D eigenvalue weighted by Gasteiger charge is 2.08. The number of hydrogen-bond donors (Lipinski definition) is 1. The Morgan fingerprint density at radius 2 is 1.68 bits per heavy atom. The molecule has 0 unspecified atom stereocenters. The number of para-hydroxylation sites is 1. The number of benzene rings is 4. The fourth-order valence-electron chi connectivity index (χ4n) is 2.96. The maximum absolute atomic E-state index is 12.1. The van der Waals surface area contributed by atoms with Crippen LogP contribution in [0.25, 0.3) is 10.8 Å². The van der Waals surface area contributed by atoms with E-state index < -0.39 is 0 Å². The summed E-state index contributed by atoms with van der Waals surface area (Å²) in [7, 11) is 0. The van der Waals surface area contributed by atoms with E-state index in [-0.39, 0.29) is 12.5 Å². The van der Waals surface area contributed by atoms with Gasteiger partial charge in [-0.15, -0.1) is 0 Å². The summed E-state index contributed by atoms with van der Waals surface area (Å²) in [5.74, 6) is 1.68. The second-order valence-electron chi connectivity index (χ2n) is 6.67. The predicted molar refractivity (Wildman–Crippen MR) is 126 cm³/mol. The fourth-order valence-corrected chi connectivity index (χ4v) is 3.57. The zero-order chi connectivity index (χ0) is 21.5. The number of hydrazone groups is 1. The molecular weight excluding hydrogens is 456 g/mol. The number of ether oxygens (including phenoxy) is 2. The van der Waals surface area contributed by atoms with E-state index in [1.165, 1.54) is 0 Å². The summed E-state index contributed by atoms with van der Waals surface area (Å²) >= 11 is 3.55. The second-order valence-corrected chi connectivity index (χ2v) is 7.46. The molecular formula is C25H19BrN2O3. The van der Waals surface area contributed by atoms with Crippen LogP contribution in [0, 0.1) is 0 Å². The van der Waals surface area contributed by atoms with E-state index in [0.717, 1.165) is 26.6 Å². The quantitative estimate of drug-likeness (QED) is 0.267. The summed E-state index contributed by atoms with van der Waals surface area (Å²) in [4.78, 5) is 12.1. The van der Waals surface area contributed by atoms with Gasteiger partial charge < -0.3 is 9.47 Å². The molecule has 0 aliphatic rings. The van der Waals surface area contributed by atoms with Gasteiger partial charge in [-0.1, -0.05) is 60.7 Å². The van der Waals surface area contributed by atoms with Gasteiger partial charge in [0.1, 0.15) is 17.2 Å². The van der Waals surface area contributed by atoms with Gasteiger partial charge in [-0.25, -0.2) is 5.43 Å². The predicted octanol–water partition coefficient (Wildman–Crippen LogP) is 5.92. The van der Waals surface area contributed by atoms with E-state index in [2.05, 4.69) is 26.5 Å². The molecule has 0 atom stereocenters. The lowest BCUT2D eigenvalue weighted by Crippen LogP contribution is -2.24. The molecule has 0 aliphatic heterocycles. The van der Waals surface area contributed by atoms with Crippen molar-refractivity contribution in [2.24, 2.45) is 5.10 Å². The van der Waals surface area contributed by atoms with Gasteiger partial charge in [0.2, 0.25) is 0 Å². The first-order valence-electron chi connectivity index (χ1n) is 9.64. The van der Waals surface area contributed by atoms with Crippen molar-refractivity contribution in [2.75, 3.05) is 6.61 Å². The molecule has 31 heavy (non-hydrogen) atoms. The molecule has 0 spiro atoms. The zero-order valence-electron chi connectivity index (χ0n) is 16.5. The van der Waals surface area contributed by atoms with Crippen molar-refractivity contribution in [2.45, 2.75) is 0 Å². The highest BCUT2D eigenvalue weighted by Crippen LogP contribution is 2.32. The summed E-state index contributed by atoms with van der Waals surface area (Å²) in [5, 5.41) is 6.12. The van der Waals surface area contributed by atoms with Gasteiger partial charge in [0.05, 0.1) is 10.7 Å². The monoisotopic (exact) mass is 474 g/mol. The maximum Gasteiger partial charge on any atom is 0.277 e. The van der Waals surface area contributed by atoms with E-state index in [1.54, 1.807) is 6.21 Å². The minimum Gasteiger partial charge on any atom is -0.483 e. The summed E-state index contributed by atoms with van der Waals surface area (Å²) in [6.07, 6.45) is 1.56. The lowest BCUT2D eigenvalue weighted by Gasteiger charge is -2.09. The molecule has 0 aromatic heterocycles. The van der Waals surface area contributed by atoms with Crippen LogP contribution in [0.3, 0.4) is 0 Å². The lowest BCUT2D eigenvalue weighted by atomic mass is 10.1. The van der Waals surface area contributed by atoms with Crippen LogP contribution >= 0.6 is 15.9 Å². The number of carbonyl (C=O) groups excluding carboxylic acids is 1. The van der Waals surface area contributed by atoms with Gasteiger partial charge in [-0.05, 0) is 62.6 Å². The van der Waals surface area contributed by atoms with Crippen molar-refractivity contribution in [1.29, 1.82) is 0 Å². The maximum atomic E-state index is 12.1. The molecule has 0 bridgehead atoms. The Labute approximate surface area is 188 Å². The highest BCUT2D eigenvalue weighted by atomic mass is 79.9. The molecule has 0 heterocycles. The number of nitrogens with zero attached hydrogens (tertiary/aromatic N) is 1. The summed E-state index contributed by atoms with van der Waals surface area (Å²) in [6, 6.07) is 28.7. The number of nitrogens with one attached hydrogen (secondary N) is 1. The third kappa shape index (κ3) is 5.49. The third-order valence-electron chi connectivity index (χ3n) is 4.43. The molecule has 6 heteroatoms. The zero-order valence-corrected chi connectivity index (χ0v) is 18.1. The van der Waals surface area contributed by atoms with Crippen LogP contribution in [0.5, 0.6) is 17.2 Å². The number of amides is 1. The SMILES string of the molecule is O=C(COc1ccc2ccccc2c1Br)N/N=C/c1cccc(Oc2ccccc2)c1. The minimum absolute atomic E-state index is 0.147. The Bertz CT molecular complexity index is 1230. The topological polar surface area (TPSA) is 59.9 Å². The molecule has 5 nitrogen and oxygen atoms in total. The normalized spacial score (nSPS) is 10.9. The molecule has 1 amide bonds. The first kappa shape index (κ1) is 20.6. The van der Waals surface area contributed by atoms with Gasteiger partial charge in [0.15, 0.2) is 6.61 Å². The first-order chi connectivity index (χ1) is 15.2. The van der Waals surface area contributed by atoms with E-state index in [4.69, 9.17) is 9.47 Å². The smallest absolute Gasteiger partial charge is 0.277 e. The van der Waals surface area contributed by atoms with Crippen molar-refractivity contribution >= 4 is 38.8 Å². The van der Waals surface area contributed by atoms with E-state index >= 15 is 0 Å². The molecule has 0 aliphatic carbocycles. The molecule has 0 radical (unpaired) electrons. The van der Waals surface area contributed by atoms with E-state index in [1.807, 2.05) is 91.0 Å². The molecule has 154 valence electrons. The lowest BCUT2D eigenvalue weighted by molar-refractivity contribution is -0.123. The van der Waals surface area contributed by atoms with Crippen molar-refractivity contribution in [1.82, 2.24) is 5.43 Å². The molecule has 4 rings (SSSR count). The molecule has 0 saturated carbocycles. The van der Waals surface area contributed by atoms with Crippen LogP contribution < -0.4 is 14.9 Å². The van der Waals surface area contributed by atoms with Crippen molar-refractivity contribution in [3.8, 4) is 17.2 Å². The van der Waals surface area contributed by atoms with Crippen molar-refractivity contribution < 1.29 is 14.3 Å². The Balaban J connectivity index is 1.32. The number of rotatable bonds is 7. The minimum atomic E-state index is -0.354. The van der Waals surface area contributed by atoms with Crippen LogP contribution in [0.2, 0.25) is 0 Å². The van der Waals surface area contributed by atoms with Gasteiger partial charge in [-0.2, -0.15) is 5.10 Å². The third-order valence-corrected chi connectivity index (χ3v) is 5.24. The summed E-state index contributed by atoms with van der Waals surface area (Å²) < 4.78 is 12.3. The van der Waals surface area contributed by atoms with Crippen molar-refractivity contribution in [3.63, 3.8) is 0 Å². The van der Waals surface area contributed by atoms with Crippen LogP contribution in [0.4, 0.5) is 0 Å². The summed E-state index contributed by atoms with van der Waals surface area (Å²) in [6.45, 7) is -0.147. The fraction of sp³-hybridized carbons (Fsp3) is 0.0400. The Morgan fingerprint density at radius 3 is 2.55 bits per heavy atom. The van der Waals surface area contributed by atoms with Crippen LogP contribution in [-0.4, -0.2) is 18.7 Å². The first-order valence-corrected chi connectivity index (χ1v) is 10.4. The molecule has 0 fully saturated rings. The second kappa shape index (κ2) is 9.91. The van der Waals surface area contributed by atoms with E-state index in [0.29, 0.717) is 11.5 Å². The van der Waals surface area contributed by atoms with Crippen LogP contribution in [-0.2, 0) is 4.79 Å². The highest BCUT2D eigenvalue weighted by molar-refractivity contribution is 9.10. The summed E-state index contributed by atoms with van der Waals surface area (Å²) in [5.41, 5.74) is 3.27. The van der Waals surface area contributed by atoms with Gasteiger partial charge >= 0.3 is 0 Å². The average molecular weight is 475 g/mol.